The van der Waals surface area contributed by atoms with Crippen molar-refractivity contribution in [2.75, 3.05) is 27.9 Å². The van der Waals surface area contributed by atoms with Crippen LogP contribution in [0.1, 0.15) is 10.4 Å². The highest BCUT2D eigenvalue weighted by Crippen LogP contribution is 2.27. The van der Waals surface area contributed by atoms with Gasteiger partial charge in [-0.05, 0) is 12.1 Å². The SMILES string of the molecule is COc1cccc(OC)c1C(=O)NCC(OC)C(=O)O. The number of aliphatic carboxylic acids is 1. The molecule has 1 amide bonds. The smallest absolute Gasteiger partial charge is 0.334 e. The van der Waals surface area contributed by atoms with Crippen LogP contribution in [0.2, 0.25) is 0 Å². The number of benzene rings is 1. The van der Waals surface area contributed by atoms with Crippen molar-refractivity contribution in [2.45, 2.75) is 6.10 Å². The molecule has 0 aliphatic rings. The van der Waals surface area contributed by atoms with Crippen LogP contribution in [0.25, 0.3) is 0 Å². The minimum absolute atomic E-state index is 0.161. The Morgan fingerprint density at radius 2 is 1.75 bits per heavy atom. The first kappa shape index (κ1) is 15.8. The molecule has 1 rings (SSSR count). The summed E-state index contributed by atoms with van der Waals surface area (Å²) >= 11 is 0. The average molecular weight is 283 g/mol. The number of carboxylic acids is 1. The summed E-state index contributed by atoms with van der Waals surface area (Å²) in [5.74, 6) is -0.973. The fraction of sp³-hybridized carbons (Fsp3) is 0.385. The van der Waals surface area contributed by atoms with Crippen LogP contribution in [-0.2, 0) is 9.53 Å². The van der Waals surface area contributed by atoms with Gasteiger partial charge in [0.05, 0.1) is 20.8 Å². The third-order valence-electron chi connectivity index (χ3n) is 2.66. The topological polar surface area (TPSA) is 94.1 Å². The van der Waals surface area contributed by atoms with Gasteiger partial charge in [-0.3, -0.25) is 4.79 Å². The average Bonchev–Trinajstić information content (AvgIpc) is 2.46. The number of carboxylic acid groups (broad SMARTS) is 1. The lowest BCUT2D eigenvalue weighted by Crippen LogP contribution is -2.38. The summed E-state index contributed by atoms with van der Waals surface area (Å²) < 4.78 is 14.9. The van der Waals surface area contributed by atoms with Gasteiger partial charge in [0.15, 0.2) is 6.10 Å². The van der Waals surface area contributed by atoms with Crippen LogP contribution in [0.3, 0.4) is 0 Å². The lowest BCUT2D eigenvalue weighted by molar-refractivity contribution is -0.148. The highest BCUT2D eigenvalue weighted by molar-refractivity contribution is 5.99. The van der Waals surface area contributed by atoms with Crippen LogP contribution in [-0.4, -0.2) is 51.0 Å². The highest BCUT2D eigenvalue weighted by Gasteiger charge is 2.21. The standard InChI is InChI=1S/C13H17NO6/c1-18-8-5-4-6-9(19-2)11(8)12(15)14-7-10(20-3)13(16)17/h4-6,10H,7H2,1-3H3,(H,14,15)(H,16,17). The molecule has 0 saturated heterocycles. The molecule has 7 heteroatoms. The van der Waals surface area contributed by atoms with Gasteiger partial charge in [0, 0.05) is 7.11 Å². The summed E-state index contributed by atoms with van der Waals surface area (Å²) in [6.07, 6.45) is -1.11. The van der Waals surface area contributed by atoms with Crippen LogP contribution in [0, 0.1) is 0 Å². The molecular weight excluding hydrogens is 266 g/mol. The summed E-state index contributed by atoms with van der Waals surface area (Å²) in [6.45, 7) is -0.161. The van der Waals surface area contributed by atoms with Crippen molar-refractivity contribution < 1.29 is 28.9 Å². The van der Waals surface area contributed by atoms with E-state index in [9.17, 15) is 9.59 Å². The molecule has 7 nitrogen and oxygen atoms in total. The Morgan fingerprint density at radius 3 is 2.15 bits per heavy atom. The van der Waals surface area contributed by atoms with E-state index in [2.05, 4.69) is 5.32 Å². The molecule has 0 heterocycles. The summed E-state index contributed by atoms with van der Waals surface area (Å²) in [4.78, 5) is 22.9. The molecule has 1 aromatic carbocycles. The van der Waals surface area contributed by atoms with E-state index in [0.717, 1.165) is 0 Å². The van der Waals surface area contributed by atoms with Crippen molar-refractivity contribution >= 4 is 11.9 Å². The lowest BCUT2D eigenvalue weighted by atomic mass is 10.1. The van der Waals surface area contributed by atoms with Crippen LogP contribution in [0.15, 0.2) is 18.2 Å². The number of carbonyl (C=O) groups is 2. The Kier molecular flexibility index (Phi) is 5.79. The van der Waals surface area contributed by atoms with Crippen molar-refractivity contribution in [1.82, 2.24) is 5.32 Å². The largest absolute Gasteiger partial charge is 0.496 e. The first-order valence-electron chi connectivity index (χ1n) is 5.80. The number of amides is 1. The molecule has 0 radical (unpaired) electrons. The Labute approximate surface area is 116 Å². The summed E-state index contributed by atoms with van der Waals surface area (Å²) in [6, 6.07) is 4.91. The Morgan fingerprint density at radius 1 is 1.20 bits per heavy atom. The number of rotatable bonds is 7. The van der Waals surface area contributed by atoms with Crippen LogP contribution >= 0.6 is 0 Å². The maximum absolute atomic E-state index is 12.1. The predicted molar refractivity (Wildman–Crippen MR) is 70.3 cm³/mol. The van der Waals surface area contributed by atoms with Crippen LogP contribution in [0.4, 0.5) is 0 Å². The molecule has 0 aliphatic carbocycles. The van der Waals surface area contributed by atoms with Crippen molar-refractivity contribution in [3.63, 3.8) is 0 Å². The maximum atomic E-state index is 12.1. The number of hydrogen-bond donors (Lipinski definition) is 2. The molecule has 2 N–H and O–H groups in total. The van der Waals surface area contributed by atoms with Crippen LogP contribution < -0.4 is 14.8 Å². The van der Waals surface area contributed by atoms with Gasteiger partial charge in [-0.1, -0.05) is 6.07 Å². The molecule has 110 valence electrons. The van der Waals surface area contributed by atoms with Gasteiger partial charge < -0.3 is 24.6 Å². The molecule has 0 aliphatic heterocycles. The summed E-state index contributed by atoms with van der Waals surface area (Å²) in [7, 11) is 4.12. The molecule has 0 saturated carbocycles. The van der Waals surface area contributed by atoms with E-state index in [1.807, 2.05) is 0 Å². The summed E-state index contributed by atoms with van der Waals surface area (Å²) in [5, 5.41) is 11.3. The zero-order valence-electron chi connectivity index (χ0n) is 11.5. The molecule has 0 fully saturated rings. The molecule has 20 heavy (non-hydrogen) atoms. The van der Waals surface area contributed by atoms with Crippen molar-refractivity contribution in [1.29, 1.82) is 0 Å². The van der Waals surface area contributed by atoms with E-state index >= 15 is 0 Å². The second-order valence-corrected chi connectivity index (χ2v) is 3.81. The molecule has 0 spiro atoms. The molecule has 0 bridgehead atoms. The maximum Gasteiger partial charge on any atom is 0.334 e. The molecular formula is C13H17NO6. The van der Waals surface area contributed by atoms with E-state index < -0.39 is 18.0 Å². The van der Waals surface area contributed by atoms with Crippen molar-refractivity contribution in [3.05, 3.63) is 23.8 Å². The van der Waals surface area contributed by atoms with Crippen LogP contribution in [0.5, 0.6) is 11.5 Å². The van der Waals surface area contributed by atoms with Crippen molar-refractivity contribution in [3.8, 4) is 11.5 Å². The zero-order chi connectivity index (χ0) is 15.1. The summed E-state index contributed by atoms with van der Waals surface area (Å²) in [5.41, 5.74) is 0.206. The van der Waals surface area contributed by atoms with E-state index in [1.54, 1.807) is 18.2 Å². The lowest BCUT2D eigenvalue weighted by Gasteiger charge is -2.15. The fourth-order valence-corrected chi connectivity index (χ4v) is 1.62. The fourth-order valence-electron chi connectivity index (χ4n) is 1.62. The highest BCUT2D eigenvalue weighted by atomic mass is 16.5. The van der Waals surface area contributed by atoms with E-state index in [-0.39, 0.29) is 12.1 Å². The molecule has 1 aromatic rings. The van der Waals surface area contributed by atoms with E-state index in [1.165, 1.54) is 21.3 Å². The molecule has 1 unspecified atom stereocenters. The van der Waals surface area contributed by atoms with E-state index in [4.69, 9.17) is 19.3 Å². The number of hydrogen-bond acceptors (Lipinski definition) is 5. The third-order valence-corrected chi connectivity index (χ3v) is 2.66. The number of ether oxygens (including phenoxy) is 3. The number of nitrogens with one attached hydrogen (secondary N) is 1. The second kappa shape index (κ2) is 7.34. The number of carbonyl (C=O) groups excluding carboxylic acids is 1. The quantitative estimate of drug-likeness (QED) is 0.758. The van der Waals surface area contributed by atoms with E-state index in [0.29, 0.717) is 11.5 Å². The number of methoxy groups -OCH3 is 3. The monoisotopic (exact) mass is 283 g/mol. The zero-order valence-corrected chi connectivity index (χ0v) is 11.5. The Bertz CT molecular complexity index is 465. The van der Waals surface area contributed by atoms with Gasteiger partial charge in [-0.25, -0.2) is 4.79 Å². The minimum Gasteiger partial charge on any atom is -0.496 e. The van der Waals surface area contributed by atoms with Gasteiger partial charge in [-0.2, -0.15) is 0 Å². The third kappa shape index (κ3) is 3.61. The van der Waals surface area contributed by atoms with Gasteiger partial charge in [0.1, 0.15) is 17.1 Å². The van der Waals surface area contributed by atoms with Crippen molar-refractivity contribution in [2.24, 2.45) is 0 Å². The van der Waals surface area contributed by atoms with Gasteiger partial charge in [0.2, 0.25) is 0 Å². The second-order valence-electron chi connectivity index (χ2n) is 3.81. The minimum atomic E-state index is -1.15. The normalized spacial score (nSPS) is 11.6. The van der Waals surface area contributed by atoms with Gasteiger partial charge >= 0.3 is 5.97 Å². The Hall–Kier alpha value is -2.28. The molecule has 1 atom stereocenters. The Balaban J connectivity index is 2.89. The van der Waals surface area contributed by atoms with Gasteiger partial charge in [0.25, 0.3) is 5.91 Å². The first-order chi connectivity index (χ1) is 9.54. The predicted octanol–water partition coefficient (Wildman–Crippen LogP) is 0.533. The van der Waals surface area contributed by atoms with Gasteiger partial charge in [-0.15, -0.1) is 0 Å². The molecule has 0 aromatic heterocycles. The first-order valence-corrected chi connectivity index (χ1v) is 5.80.